The van der Waals surface area contributed by atoms with Gasteiger partial charge in [0.1, 0.15) is 0 Å². The number of hydrogen-bond acceptors (Lipinski definition) is 0. The molecule has 40 heavy (non-hydrogen) atoms. The molecule has 0 radical (unpaired) electrons. The summed E-state index contributed by atoms with van der Waals surface area (Å²) in [5.41, 5.74) is 19.6. The van der Waals surface area contributed by atoms with E-state index in [9.17, 15) is 0 Å². The van der Waals surface area contributed by atoms with Crippen LogP contribution in [0.3, 0.4) is 0 Å². The van der Waals surface area contributed by atoms with Crippen molar-refractivity contribution in [2.24, 2.45) is 0 Å². The molecule has 2 unspecified atom stereocenters. The second-order valence-electron chi connectivity index (χ2n) is 12.5. The van der Waals surface area contributed by atoms with E-state index >= 15 is 0 Å². The Bertz CT molecular complexity index is 1230. The number of fused-ring (bicyclic) bond motifs is 2. The van der Waals surface area contributed by atoms with Gasteiger partial charge < -0.3 is 24.8 Å². The van der Waals surface area contributed by atoms with Crippen LogP contribution in [0.25, 0.3) is 11.1 Å². The molecule has 0 N–H and O–H groups in total. The molecule has 2 atom stereocenters. The molecule has 0 saturated heterocycles. The Labute approximate surface area is 266 Å². The molecule has 218 valence electrons. The summed E-state index contributed by atoms with van der Waals surface area (Å²) in [4.78, 5) is 0. The van der Waals surface area contributed by atoms with E-state index in [2.05, 4.69) is 92.7 Å². The zero-order valence-electron chi connectivity index (χ0n) is 26.9. The number of hydrogen-bond donors (Lipinski definition) is 0. The summed E-state index contributed by atoms with van der Waals surface area (Å²) in [7, 11) is 0. The van der Waals surface area contributed by atoms with Gasteiger partial charge in [-0.25, -0.2) is 0 Å². The van der Waals surface area contributed by atoms with E-state index < -0.39 is 25.8 Å². The fourth-order valence-electron chi connectivity index (χ4n) is 7.50. The van der Waals surface area contributed by atoms with Crippen LogP contribution in [0.5, 0.6) is 0 Å². The van der Waals surface area contributed by atoms with E-state index in [1.54, 1.807) is 66.8 Å². The molecule has 0 heterocycles. The van der Waals surface area contributed by atoms with Crippen molar-refractivity contribution >= 4 is 16.6 Å². The molecule has 0 bridgehead atoms. The van der Waals surface area contributed by atoms with Gasteiger partial charge in [-0.05, 0) is 0 Å². The topological polar surface area (TPSA) is 0 Å². The summed E-state index contributed by atoms with van der Waals surface area (Å²) in [6, 6.07) is 9.90. The van der Waals surface area contributed by atoms with Crippen LogP contribution >= 0.6 is 0 Å². The van der Waals surface area contributed by atoms with E-state index in [4.69, 9.17) is 0 Å². The van der Waals surface area contributed by atoms with Crippen molar-refractivity contribution in [3.8, 4) is 0 Å². The van der Waals surface area contributed by atoms with Gasteiger partial charge in [-0.15, -0.1) is 0 Å². The first kappa shape index (κ1) is 35.8. The summed E-state index contributed by atoms with van der Waals surface area (Å²) < 4.78 is 1.48. The first-order valence-electron chi connectivity index (χ1n) is 15.4. The van der Waals surface area contributed by atoms with E-state index in [1.807, 2.05) is 0 Å². The minimum atomic E-state index is -2.06. The summed E-state index contributed by atoms with van der Waals surface area (Å²) >= 11 is -2.06. The Morgan fingerprint density at radius 3 is 1.30 bits per heavy atom. The Balaban J connectivity index is 0.00000280. The molecular weight excluding hydrogens is 623 g/mol. The fraction of sp³-hybridized carbons (Fsp3) is 0.556. The molecule has 0 fully saturated rings. The van der Waals surface area contributed by atoms with Crippen LogP contribution in [0.4, 0.5) is 0 Å². The van der Waals surface area contributed by atoms with E-state index in [-0.39, 0.29) is 24.8 Å². The van der Waals surface area contributed by atoms with Crippen LogP contribution < -0.4 is 24.8 Å². The van der Waals surface area contributed by atoms with Gasteiger partial charge in [-0.2, -0.15) is 0 Å². The van der Waals surface area contributed by atoms with Gasteiger partial charge in [-0.3, -0.25) is 0 Å². The van der Waals surface area contributed by atoms with Crippen molar-refractivity contribution in [3.05, 3.63) is 79.9 Å². The largest absolute Gasteiger partial charge is 1.00 e. The quantitative estimate of drug-likeness (QED) is 0.245. The number of benzene rings is 2. The van der Waals surface area contributed by atoms with Gasteiger partial charge in [0.05, 0.1) is 0 Å². The van der Waals surface area contributed by atoms with Gasteiger partial charge in [0, 0.05) is 0 Å². The number of halogens is 2. The number of aryl methyl sites for hydroxylation is 4. The SMILES string of the molecule is CCCCCc1ccc(C)c2c1C(C)=C(C)[CH]2[Zr+2]([CH]1C(C)=C(C)c2c(CCCCC)ccc(C)c21)=[Si](C)C.[Cl-].[Cl-]. The van der Waals surface area contributed by atoms with Crippen molar-refractivity contribution < 1.29 is 45.2 Å². The molecule has 4 rings (SSSR count). The maximum absolute atomic E-state index is 2.68. The minimum Gasteiger partial charge on any atom is -1.00 e. The van der Waals surface area contributed by atoms with Crippen molar-refractivity contribution in [1.82, 2.24) is 0 Å². The summed E-state index contributed by atoms with van der Waals surface area (Å²) in [5, 5.41) is 0. The van der Waals surface area contributed by atoms with Crippen LogP contribution in [0.1, 0.15) is 132 Å². The Morgan fingerprint density at radius 1 is 0.600 bits per heavy atom. The third-order valence-electron chi connectivity index (χ3n) is 9.77. The average molecular weight is 675 g/mol. The first-order valence-corrected chi connectivity index (χ1v) is 24.5. The first-order chi connectivity index (χ1) is 18.1. The Hall–Kier alpha value is -0.400. The van der Waals surface area contributed by atoms with Gasteiger partial charge in [0.15, 0.2) is 0 Å². The van der Waals surface area contributed by atoms with Crippen LogP contribution in [0, 0.1) is 13.8 Å². The normalized spacial score (nSPS) is 17.2. The number of allylic oxidation sites excluding steroid dienone is 4. The van der Waals surface area contributed by atoms with Gasteiger partial charge in [0.25, 0.3) is 0 Å². The molecule has 0 saturated carbocycles. The summed E-state index contributed by atoms with van der Waals surface area (Å²) in [6.07, 6.45) is 10.4. The van der Waals surface area contributed by atoms with E-state index in [0.29, 0.717) is 0 Å². The molecule has 0 amide bonds. The predicted octanol–water partition coefficient (Wildman–Crippen LogP) is 5.04. The maximum Gasteiger partial charge on any atom is -1.00 e. The summed E-state index contributed by atoms with van der Waals surface area (Å²) in [5.74, 6) is 0. The van der Waals surface area contributed by atoms with Gasteiger partial charge in [0.2, 0.25) is 0 Å². The molecule has 0 spiro atoms. The summed E-state index contributed by atoms with van der Waals surface area (Å²) in [6.45, 7) is 24.8. The van der Waals surface area contributed by atoms with Crippen molar-refractivity contribution in [1.29, 1.82) is 0 Å². The molecule has 2 aliphatic rings. The second kappa shape index (κ2) is 15.4. The number of rotatable bonds is 10. The van der Waals surface area contributed by atoms with Crippen molar-refractivity contribution in [3.63, 3.8) is 0 Å². The molecule has 2 aromatic rings. The molecule has 0 nitrogen and oxygen atoms in total. The maximum atomic E-state index is 2.68. The van der Waals surface area contributed by atoms with Crippen molar-refractivity contribution in [2.75, 3.05) is 0 Å². The minimum absolute atomic E-state index is 0. The Kier molecular flexibility index (Phi) is 13.7. The third kappa shape index (κ3) is 6.56. The average Bonchev–Trinajstić information content (AvgIpc) is 3.30. The molecule has 2 aromatic carbocycles. The molecular formula is C36H52Cl2SiZr. The molecule has 0 aliphatic heterocycles. The smallest absolute Gasteiger partial charge is 1.00 e. The van der Waals surface area contributed by atoms with Crippen LogP contribution in [-0.4, -0.2) is 5.43 Å². The van der Waals surface area contributed by atoms with Gasteiger partial charge >= 0.3 is 244 Å². The fourth-order valence-corrected chi connectivity index (χ4v) is 29.0. The van der Waals surface area contributed by atoms with Gasteiger partial charge in [-0.1, -0.05) is 0 Å². The van der Waals surface area contributed by atoms with E-state index in [1.165, 1.54) is 51.4 Å². The molecule has 2 aliphatic carbocycles. The predicted molar refractivity (Wildman–Crippen MR) is 168 cm³/mol. The monoisotopic (exact) mass is 672 g/mol. The van der Waals surface area contributed by atoms with Crippen LogP contribution in [-0.2, 0) is 33.2 Å². The second-order valence-corrected chi connectivity index (χ2v) is 30.4. The van der Waals surface area contributed by atoms with E-state index in [0.717, 1.165) is 7.25 Å². The standard InChI is InChI=1S/2C17H23.C2H6Si.2ClH.Zr/c2*1-5-6-7-8-15-10-9-12(2)16-11-13(3)14(4)17(15)16;1-3-2;;;/h2*9-11H,5-8H2,1-4H3;1-2H3;2*1H;/q;;;;;+2/p-2. The van der Waals surface area contributed by atoms with Crippen LogP contribution in [0.15, 0.2) is 35.4 Å². The molecule has 0 aromatic heterocycles. The van der Waals surface area contributed by atoms with Crippen LogP contribution in [0.2, 0.25) is 13.1 Å². The Morgan fingerprint density at radius 2 is 0.975 bits per heavy atom. The third-order valence-corrected chi connectivity index (χ3v) is 29.5. The van der Waals surface area contributed by atoms with Crippen molar-refractivity contribution in [2.45, 2.75) is 127 Å². The zero-order chi connectivity index (χ0) is 27.7. The number of unbranched alkanes of at least 4 members (excludes halogenated alkanes) is 4. The molecule has 4 heteroatoms. The zero-order valence-corrected chi connectivity index (χ0v) is 31.8.